The van der Waals surface area contributed by atoms with Crippen LogP contribution in [-0.4, -0.2) is 49.6 Å². The SMILES string of the molecule is CC[C@@H](C)NC(=O)[C@H](C)N(Cc1cccc(OC)c1)C(=O)COc1ccccc1OC. The minimum atomic E-state index is -0.672. The molecule has 0 aliphatic rings. The maximum Gasteiger partial charge on any atom is 0.261 e. The number of nitrogens with one attached hydrogen (secondary N) is 1. The first-order valence-corrected chi connectivity index (χ1v) is 10.4. The number of hydrogen-bond donors (Lipinski definition) is 1. The Balaban J connectivity index is 2.20. The molecule has 2 aromatic rings. The second-order valence-corrected chi connectivity index (χ2v) is 7.31. The highest BCUT2D eigenvalue weighted by Crippen LogP contribution is 2.26. The second-order valence-electron chi connectivity index (χ2n) is 7.31. The van der Waals surface area contributed by atoms with Crippen molar-refractivity contribution in [2.24, 2.45) is 0 Å². The number of amides is 2. The van der Waals surface area contributed by atoms with Crippen molar-refractivity contribution in [1.82, 2.24) is 10.2 Å². The zero-order valence-corrected chi connectivity index (χ0v) is 18.9. The molecule has 2 amide bonds. The zero-order valence-electron chi connectivity index (χ0n) is 18.9. The summed E-state index contributed by atoms with van der Waals surface area (Å²) in [5.74, 6) is 1.18. The van der Waals surface area contributed by atoms with Gasteiger partial charge in [-0.3, -0.25) is 9.59 Å². The van der Waals surface area contributed by atoms with Crippen molar-refractivity contribution in [3.8, 4) is 17.2 Å². The van der Waals surface area contributed by atoms with Crippen molar-refractivity contribution in [3.63, 3.8) is 0 Å². The molecule has 0 fully saturated rings. The summed E-state index contributed by atoms with van der Waals surface area (Å²) >= 11 is 0. The first-order valence-electron chi connectivity index (χ1n) is 10.4. The Hall–Kier alpha value is -3.22. The van der Waals surface area contributed by atoms with E-state index in [1.807, 2.05) is 44.2 Å². The molecule has 2 rings (SSSR count). The van der Waals surface area contributed by atoms with E-state index in [1.54, 1.807) is 39.3 Å². The average Bonchev–Trinajstić information content (AvgIpc) is 2.80. The van der Waals surface area contributed by atoms with E-state index in [0.717, 1.165) is 12.0 Å². The third kappa shape index (κ3) is 6.91. The lowest BCUT2D eigenvalue weighted by atomic mass is 10.1. The van der Waals surface area contributed by atoms with Gasteiger partial charge in [-0.05, 0) is 50.1 Å². The number of carbonyl (C=O) groups is 2. The van der Waals surface area contributed by atoms with Gasteiger partial charge in [-0.2, -0.15) is 0 Å². The van der Waals surface area contributed by atoms with Crippen LogP contribution in [0.15, 0.2) is 48.5 Å². The summed E-state index contributed by atoms with van der Waals surface area (Å²) in [7, 11) is 3.13. The van der Waals surface area contributed by atoms with Gasteiger partial charge in [0.25, 0.3) is 5.91 Å². The molecule has 1 N–H and O–H groups in total. The minimum Gasteiger partial charge on any atom is -0.497 e. The van der Waals surface area contributed by atoms with Gasteiger partial charge in [0.05, 0.1) is 14.2 Å². The van der Waals surface area contributed by atoms with Crippen molar-refractivity contribution in [2.45, 2.75) is 45.8 Å². The molecule has 0 saturated heterocycles. The van der Waals surface area contributed by atoms with E-state index in [4.69, 9.17) is 14.2 Å². The van der Waals surface area contributed by atoms with E-state index in [9.17, 15) is 9.59 Å². The highest BCUT2D eigenvalue weighted by molar-refractivity contribution is 5.88. The molecule has 2 aromatic carbocycles. The molecule has 0 bridgehead atoms. The molecule has 0 aliphatic carbocycles. The average molecular weight is 429 g/mol. The van der Waals surface area contributed by atoms with Gasteiger partial charge in [0.2, 0.25) is 5.91 Å². The zero-order chi connectivity index (χ0) is 22.8. The van der Waals surface area contributed by atoms with E-state index < -0.39 is 6.04 Å². The van der Waals surface area contributed by atoms with Gasteiger partial charge < -0.3 is 24.4 Å². The normalized spacial score (nSPS) is 12.4. The van der Waals surface area contributed by atoms with Crippen molar-refractivity contribution in [2.75, 3.05) is 20.8 Å². The fourth-order valence-corrected chi connectivity index (χ4v) is 2.98. The summed E-state index contributed by atoms with van der Waals surface area (Å²) in [6, 6.07) is 13.9. The third-order valence-electron chi connectivity index (χ3n) is 5.08. The molecule has 7 nitrogen and oxygen atoms in total. The molecule has 0 saturated carbocycles. The van der Waals surface area contributed by atoms with Crippen LogP contribution in [0.2, 0.25) is 0 Å². The van der Waals surface area contributed by atoms with Gasteiger partial charge in [0.15, 0.2) is 18.1 Å². The third-order valence-corrected chi connectivity index (χ3v) is 5.08. The lowest BCUT2D eigenvalue weighted by Crippen LogP contribution is -2.50. The van der Waals surface area contributed by atoms with Gasteiger partial charge in [0, 0.05) is 12.6 Å². The Kier molecular flexibility index (Phi) is 9.18. The molecule has 7 heteroatoms. The highest BCUT2D eigenvalue weighted by Gasteiger charge is 2.27. The summed E-state index contributed by atoms with van der Waals surface area (Å²) in [6.45, 7) is 5.68. The number of methoxy groups -OCH3 is 2. The molecule has 0 aromatic heterocycles. The number of para-hydroxylation sites is 2. The topological polar surface area (TPSA) is 77.1 Å². The van der Waals surface area contributed by atoms with Gasteiger partial charge in [-0.1, -0.05) is 31.2 Å². The van der Waals surface area contributed by atoms with Crippen LogP contribution in [0.3, 0.4) is 0 Å². The predicted octanol–water partition coefficient (Wildman–Crippen LogP) is 3.41. The van der Waals surface area contributed by atoms with Gasteiger partial charge >= 0.3 is 0 Å². The Morgan fingerprint density at radius 2 is 1.71 bits per heavy atom. The predicted molar refractivity (Wildman–Crippen MR) is 119 cm³/mol. The second kappa shape index (κ2) is 11.8. The van der Waals surface area contributed by atoms with Crippen LogP contribution < -0.4 is 19.5 Å². The van der Waals surface area contributed by atoms with Crippen LogP contribution in [0, 0.1) is 0 Å². The van der Waals surface area contributed by atoms with E-state index in [-0.39, 0.29) is 31.0 Å². The first kappa shape index (κ1) is 24.1. The van der Waals surface area contributed by atoms with Crippen molar-refractivity contribution < 1.29 is 23.8 Å². The van der Waals surface area contributed by atoms with Crippen LogP contribution in [0.1, 0.15) is 32.8 Å². The van der Waals surface area contributed by atoms with E-state index in [1.165, 1.54) is 4.90 Å². The van der Waals surface area contributed by atoms with Crippen LogP contribution in [0.5, 0.6) is 17.2 Å². The molecular formula is C24H32N2O5. The van der Waals surface area contributed by atoms with Crippen LogP contribution >= 0.6 is 0 Å². The van der Waals surface area contributed by atoms with Gasteiger partial charge in [-0.15, -0.1) is 0 Å². The number of nitrogens with zero attached hydrogens (tertiary/aromatic N) is 1. The quantitative estimate of drug-likeness (QED) is 0.594. The Bertz CT molecular complexity index is 871. The lowest BCUT2D eigenvalue weighted by molar-refractivity contribution is -0.142. The molecular weight excluding hydrogens is 396 g/mol. The first-order chi connectivity index (χ1) is 14.9. The van der Waals surface area contributed by atoms with Crippen molar-refractivity contribution in [3.05, 3.63) is 54.1 Å². The number of ether oxygens (including phenoxy) is 3. The molecule has 2 atom stereocenters. The van der Waals surface area contributed by atoms with Crippen LogP contribution in [-0.2, 0) is 16.1 Å². The van der Waals surface area contributed by atoms with Crippen LogP contribution in [0.25, 0.3) is 0 Å². The Morgan fingerprint density at radius 3 is 2.35 bits per heavy atom. The molecule has 168 valence electrons. The Morgan fingerprint density at radius 1 is 1.00 bits per heavy atom. The standard InChI is InChI=1S/C24H32N2O5/c1-6-17(2)25-24(28)18(3)26(15-19-10-9-11-20(14-19)29-4)23(27)16-31-22-13-8-7-12-21(22)30-5/h7-14,17-18H,6,15-16H2,1-5H3,(H,25,28)/t17-,18+/m1/s1. The molecule has 0 aliphatic heterocycles. The molecule has 0 spiro atoms. The number of hydrogen-bond acceptors (Lipinski definition) is 5. The maximum atomic E-state index is 13.1. The number of rotatable bonds is 11. The summed E-state index contributed by atoms with van der Waals surface area (Å²) in [4.78, 5) is 27.4. The Labute approximate surface area is 184 Å². The van der Waals surface area contributed by atoms with E-state index in [2.05, 4.69) is 5.32 Å². The summed E-state index contributed by atoms with van der Waals surface area (Å²) in [6.07, 6.45) is 0.805. The number of carbonyl (C=O) groups excluding carboxylic acids is 2. The van der Waals surface area contributed by atoms with E-state index >= 15 is 0 Å². The van der Waals surface area contributed by atoms with Crippen LogP contribution in [0.4, 0.5) is 0 Å². The highest BCUT2D eigenvalue weighted by atomic mass is 16.5. The van der Waals surface area contributed by atoms with Gasteiger partial charge in [0.1, 0.15) is 11.8 Å². The lowest BCUT2D eigenvalue weighted by Gasteiger charge is -2.29. The molecule has 0 unspecified atom stereocenters. The fraction of sp³-hybridized carbons (Fsp3) is 0.417. The van der Waals surface area contributed by atoms with Crippen molar-refractivity contribution in [1.29, 1.82) is 0 Å². The largest absolute Gasteiger partial charge is 0.497 e. The molecule has 0 heterocycles. The maximum absolute atomic E-state index is 13.1. The summed E-state index contributed by atoms with van der Waals surface area (Å²) < 4.78 is 16.3. The molecule has 0 radical (unpaired) electrons. The smallest absolute Gasteiger partial charge is 0.261 e. The molecule has 31 heavy (non-hydrogen) atoms. The fourth-order valence-electron chi connectivity index (χ4n) is 2.98. The van der Waals surface area contributed by atoms with Gasteiger partial charge in [-0.25, -0.2) is 0 Å². The minimum absolute atomic E-state index is 0.0218. The number of benzene rings is 2. The van der Waals surface area contributed by atoms with Crippen molar-refractivity contribution >= 4 is 11.8 Å². The van der Waals surface area contributed by atoms with E-state index in [0.29, 0.717) is 17.2 Å². The monoisotopic (exact) mass is 428 g/mol. The summed E-state index contributed by atoms with van der Waals surface area (Å²) in [5.41, 5.74) is 0.855. The summed E-state index contributed by atoms with van der Waals surface area (Å²) in [5, 5.41) is 2.95.